The molecular weight excluding hydrogens is 190 g/mol. The predicted molar refractivity (Wildman–Crippen MR) is 60.4 cm³/mol. The van der Waals surface area contributed by atoms with E-state index in [-0.39, 0.29) is 11.5 Å². The minimum atomic E-state index is -0.318. The number of hydrogen-bond acceptors (Lipinski definition) is 3. The Hall–Kier alpha value is -0.570. The molecule has 0 aromatic rings. The minimum Gasteiger partial charge on any atom is -0.466 e. The molecule has 0 atom stereocenters. The molecule has 0 heterocycles. The summed E-state index contributed by atoms with van der Waals surface area (Å²) in [5.41, 5.74) is 6.28. The van der Waals surface area contributed by atoms with Gasteiger partial charge in [-0.15, -0.1) is 0 Å². The molecule has 0 aliphatic heterocycles. The largest absolute Gasteiger partial charge is 0.466 e. The van der Waals surface area contributed by atoms with Crippen LogP contribution in [0.4, 0.5) is 0 Å². The van der Waals surface area contributed by atoms with Crippen molar-refractivity contribution in [3.8, 4) is 0 Å². The summed E-state index contributed by atoms with van der Waals surface area (Å²) in [6.07, 6.45) is 4.43. The lowest BCUT2D eigenvalue weighted by Gasteiger charge is -2.40. The Morgan fingerprint density at radius 2 is 1.80 bits per heavy atom. The van der Waals surface area contributed by atoms with E-state index < -0.39 is 0 Å². The van der Waals surface area contributed by atoms with Gasteiger partial charge in [0.15, 0.2) is 0 Å². The van der Waals surface area contributed by atoms with Crippen LogP contribution in [-0.4, -0.2) is 18.1 Å². The van der Waals surface area contributed by atoms with E-state index >= 15 is 0 Å². The highest BCUT2D eigenvalue weighted by molar-refractivity contribution is 5.70. The third-order valence-corrected chi connectivity index (χ3v) is 3.40. The Morgan fingerprint density at radius 3 is 2.27 bits per heavy atom. The van der Waals surface area contributed by atoms with Gasteiger partial charge in [-0.1, -0.05) is 13.8 Å². The van der Waals surface area contributed by atoms with E-state index in [0.29, 0.717) is 18.4 Å². The number of carbonyl (C=O) groups is 1. The van der Waals surface area contributed by atoms with Crippen LogP contribution < -0.4 is 5.73 Å². The number of rotatable bonds is 3. The first-order chi connectivity index (χ1) is 6.87. The van der Waals surface area contributed by atoms with Gasteiger partial charge >= 0.3 is 5.97 Å². The van der Waals surface area contributed by atoms with Crippen molar-refractivity contribution >= 4 is 5.97 Å². The van der Waals surface area contributed by atoms with Crippen LogP contribution in [-0.2, 0) is 9.53 Å². The van der Waals surface area contributed by atoms with Crippen LogP contribution in [0.5, 0.6) is 0 Å². The Balaban J connectivity index is 2.44. The summed E-state index contributed by atoms with van der Waals surface area (Å²) in [5.74, 6) is -0.153. The van der Waals surface area contributed by atoms with E-state index in [1.807, 2.05) is 6.92 Å². The van der Waals surface area contributed by atoms with Crippen molar-refractivity contribution in [3.05, 3.63) is 0 Å². The lowest BCUT2D eigenvalue weighted by molar-refractivity contribution is -0.145. The Bertz CT molecular complexity index is 226. The molecule has 0 bridgehead atoms. The lowest BCUT2D eigenvalue weighted by atomic mass is 9.69. The van der Waals surface area contributed by atoms with Crippen molar-refractivity contribution in [1.82, 2.24) is 0 Å². The highest BCUT2D eigenvalue weighted by Gasteiger charge is 2.37. The molecule has 0 amide bonds. The number of hydrogen-bond donors (Lipinski definition) is 1. The average molecular weight is 213 g/mol. The van der Waals surface area contributed by atoms with Crippen LogP contribution >= 0.6 is 0 Å². The van der Waals surface area contributed by atoms with Gasteiger partial charge in [-0.3, -0.25) is 4.79 Å². The van der Waals surface area contributed by atoms with Gasteiger partial charge in [0.05, 0.1) is 13.0 Å². The minimum absolute atomic E-state index is 0.153. The van der Waals surface area contributed by atoms with Gasteiger partial charge in [0.1, 0.15) is 0 Å². The molecule has 1 rings (SSSR count). The van der Waals surface area contributed by atoms with E-state index in [2.05, 4.69) is 13.8 Å². The fourth-order valence-corrected chi connectivity index (χ4v) is 2.10. The zero-order chi connectivity index (χ0) is 11.5. The van der Waals surface area contributed by atoms with E-state index in [1.54, 1.807) is 0 Å². The summed E-state index contributed by atoms with van der Waals surface area (Å²) in [5, 5.41) is 0. The molecule has 3 heteroatoms. The summed E-state index contributed by atoms with van der Waals surface area (Å²) >= 11 is 0. The predicted octanol–water partition coefficient (Wildman–Crippen LogP) is 2.24. The van der Waals surface area contributed by atoms with E-state index in [0.717, 1.165) is 25.7 Å². The molecule has 1 fully saturated rings. The maximum atomic E-state index is 11.4. The molecule has 3 nitrogen and oxygen atoms in total. The smallest absolute Gasteiger partial charge is 0.307 e. The van der Waals surface area contributed by atoms with Crippen molar-refractivity contribution in [2.75, 3.05) is 6.61 Å². The standard InChI is InChI=1S/C12H23NO2/c1-4-15-10(14)9-12(13)7-5-11(2,3)6-8-12/h4-9,13H2,1-3H3. The van der Waals surface area contributed by atoms with Crippen molar-refractivity contribution in [1.29, 1.82) is 0 Å². The second-order valence-corrected chi connectivity index (χ2v) is 5.51. The SMILES string of the molecule is CCOC(=O)CC1(N)CCC(C)(C)CC1. The summed E-state index contributed by atoms with van der Waals surface area (Å²) in [6.45, 7) is 6.79. The summed E-state index contributed by atoms with van der Waals surface area (Å²) in [4.78, 5) is 11.4. The van der Waals surface area contributed by atoms with Crippen LogP contribution in [0.3, 0.4) is 0 Å². The fraction of sp³-hybridized carbons (Fsp3) is 0.917. The van der Waals surface area contributed by atoms with E-state index in [4.69, 9.17) is 10.5 Å². The maximum absolute atomic E-state index is 11.4. The molecule has 0 spiro atoms. The number of nitrogens with two attached hydrogens (primary N) is 1. The van der Waals surface area contributed by atoms with E-state index in [1.165, 1.54) is 0 Å². The average Bonchev–Trinajstić information content (AvgIpc) is 2.12. The van der Waals surface area contributed by atoms with Crippen molar-refractivity contribution in [2.45, 2.75) is 58.4 Å². The Labute approximate surface area is 92.4 Å². The molecule has 0 radical (unpaired) electrons. The van der Waals surface area contributed by atoms with Gasteiger partial charge in [0, 0.05) is 5.54 Å². The van der Waals surface area contributed by atoms with Crippen LogP contribution in [0.2, 0.25) is 0 Å². The zero-order valence-electron chi connectivity index (χ0n) is 10.1. The number of esters is 1. The first-order valence-corrected chi connectivity index (χ1v) is 5.81. The maximum Gasteiger partial charge on any atom is 0.307 e. The summed E-state index contributed by atoms with van der Waals surface area (Å²) in [7, 11) is 0. The Kier molecular flexibility index (Phi) is 3.77. The molecule has 88 valence electrons. The third kappa shape index (κ3) is 3.82. The summed E-state index contributed by atoms with van der Waals surface area (Å²) in [6, 6.07) is 0. The topological polar surface area (TPSA) is 52.3 Å². The number of ether oxygens (including phenoxy) is 1. The molecule has 1 saturated carbocycles. The normalized spacial score (nSPS) is 23.5. The van der Waals surface area contributed by atoms with Crippen LogP contribution in [0, 0.1) is 5.41 Å². The molecule has 1 aliphatic rings. The highest BCUT2D eigenvalue weighted by Crippen LogP contribution is 2.40. The monoisotopic (exact) mass is 213 g/mol. The van der Waals surface area contributed by atoms with Crippen LogP contribution in [0.15, 0.2) is 0 Å². The van der Waals surface area contributed by atoms with Gasteiger partial charge < -0.3 is 10.5 Å². The van der Waals surface area contributed by atoms with Crippen molar-refractivity contribution in [2.24, 2.45) is 11.1 Å². The third-order valence-electron chi connectivity index (χ3n) is 3.40. The van der Waals surface area contributed by atoms with Gasteiger partial charge in [-0.2, -0.15) is 0 Å². The van der Waals surface area contributed by atoms with Gasteiger partial charge in [0.25, 0.3) is 0 Å². The zero-order valence-corrected chi connectivity index (χ0v) is 10.1. The highest BCUT2D eigenvalue weighted by atomic mass is 16.5. The van der Waals surface area contributed by atoms with Crippen molar-refractivity contribution in [3.63, 3.8) is 0 Å². The molecule has 0 aromatic heterocycles. The van der Waals surface area contributed by atoms with Crippen LogP contribution in [0.1, 0.15) is 52.9 Å². The molecular formula is C12H23NO2. The first kappa shape index (κ1) is 12.5. The van der Waals surface area contributed by atoms with Gasteiger partial charge in [-0.05, 0) is 38.0 Å². The molecule has 0 unspecified atom stereocenters. The van der Waals surface area contributed by atoms with Gasteiger partial charge in [0.2, 0.25) is 0 Å². The van der Waals surface area contributed by atoms with Crippen LogP contribution in [0.25, 0.3) is 0 Å². The quantitative estimate of drug-likeness (QED) is 0.731. The first-order valence-electron chi connectivity index (χ1n) is 5.81. The summed E-state index contributed by atoms with van der Waals surface area (Å²) < 4.78 is 4.94. The molecule has 15 heavy (non-hydrogen) atoms. The van der Waals surface area contributed by atoms with E-state index in [9.17, 15) is 4.79 Å². The van der Waals surface area contributed by atoms with Crippen molar-refractivity contribution < 1.29 is 9.53 Å². The molecule has 0 saturated heterocycles. The van der Waals surface area contributed by atoms with Gasteiger partial charge in [-0.25, -0.2) is 0 Å². The molecule has 2 N–H and O–H groups in total. The fourth-order valence-electron chi connectivity index (χ4n) is 2.10. The molecule has 0 aromatic carbocycles. The second-order valence-electron chi connectivity index (χ2n) is 5.51. The molecule has 1 aliphatic carbocycles. The lowest BCUT2D eigenvalue weighted by Crippen LogP contribution is -2.46. The second kappa shape index (κ2) is 4.52. The Morgan fingerprint density at radius 1 is 1.27 bits per heavy atom. The number of carbonyl (C=O) groups excluding carboxylic acids is 1.